The van der Waals surface area contributed by atoms with Crippen LogP contribution in [0.15, 0.2) is 3.79 Å². The van der Waals surface area contributed by atoms with Gasteiger partial charge in [0.05, 0.1) is 10.9 Å². The summed E-state index contributed by atoms with van der Waals surface area (Å²) in [5, 5.41) is 0. The number of nitrogens with zero attached hydrogens (tertiary/aromatic N) is 1. The van der Waals surface area contributed by atoms with Crippen LogP contribution >= 0.6 is 27.5 Å². The molecule has 0 aliphatic carbocycles. The van der Waals surface area contributed by atoms with E-state index in [2.05, 4.69) is 27.2 Å². The van der Waals surface area contributed by atoms with Crippen LogP contribution in [-0.4, -0.2) is 11.5 Å². The maximum atomic E-state index is 5.03. The number of ether oxygens (including phenoxy) is 1. The fourth-order valence-electron chi connectivity index (χ4n) is 0.726. The third kappa shape index (κ3) is 1.32. The van der Waals surface area contributed by atoms with Crippen molar-refractivity contribution in [2.75, 3.05) is 7.11 Å². The van der Waals surface area contributed by atoms with E-state index in [0.29, 0.717) is 0 Å². The molecule has 2 nitrogen and oxygen atoms in total. The highest BCUT2D eigenvalue weighted by Gasteiger charge is 2.08. The zero-order chi connectivity index (χ0) is 7.56. The van der Waals surface area contributed by atoms with Gasteiger partial charge in [-0.3, -0.25) is 0 Å². The van der Waals surface area contributed by atoms with Gasteiger partial charge in [0, 0.05) is 5.56 Å². The first-order valence-electron chi connectivity index (χ1n) is 2.97. The van der Waals surface area contributed by atoms with E-state index in [4.69, 9.17) is 4.74 Å². The Kier molecular flexibility index (Phi) is 2.68. The van der Waals surface area contributed by atoms with Gasteiger partial charge in [-0.25, -0.2) is 0 Å². The van der Waals surface area contributed by atoms with Crippen LogP contribution in [-0.2, 0) is 6.42 Å². The first-order chi connectivity index (χ1) is 4.79. The average molecular weight is 222 g/mol. The van der Waals surface area contributed by atoms with Gasteiger partial charge in [0.2, 0.25) is 5.88 Å². The molecule has 0 radical (unpaired) electrons. The van der Waals surface area contributed by atoms with Gasteiger partial charge in [-0.15, -0.1) is 0 Å². The first kappa shape index (κ1) is 8.01. The molecule has 0 saturated heterocycles. The summed E-state index contributed by atoms with van der Waals surface area (Å²) in [6, 6.07) is 0. The molecule has 4 heteroatoms. The molecule has 10 heavy (non-hydrogen) atoms. The molecule has 0 unspecified atom stereocenters. The molecule has 0 saturated carbocycles. The summed E-state index contributed by atoms with van der Waals surface area (Å²) in [5.74, 6) is 0.749. The van der Waals surface area contributed by atoms with Crippen molar-refractivity contribution < 1.29 is 4.74 Å². The average Bonchev–Trinajstić information content (AvgIpc) is 2.30. The highest BCUT2D eigenvalue weighted by atomic mass is 79.9. The van der Waals surface area contributed by atoms with E-state index in [1.165, 1.54) is 11.5 Å². The van der Waals surface area contributed by atoms with Crippen molar-refractivity contribution >= 4 is 27.5 Å². The molecule has 0 atom stereocenters. The summed E-state index contributed by atoms with van der Waals surface area (Å²) in [6.45, 7) is 2.08. The summed E-state index contributed by atoms with van der Waals surface area (Å²) < 4.78 is 10.2. The normalized spacial score (nSPS) is 9.90. The second-order valence-electron chi connectivity index (χ2n) is 1.80. The Hall–Kier alpha value is -0.0900. The lowest BCUT2D eigenvalue weighted by Crippen LogP contribution is -1.86. The van der Waals surface area contributed by atoms with Crippen molar-refractivity contribution in [1.82, 2.24) is 4.37 Å². The quantitative estimate of drug-likeness (QED) is 0.766. The minimum atomic E-state index is 0.749. The van der Waals surface area contributed by atoms with E-state index in [9.17, 15) is 0 Å². The molecule has 0 aromatic carbocycles. The smallest absolute Gasteiger partial charge is 0.229 e. The monoisotopic (exact) mass is 221 g/mol. The third-order valence-electron chi connectivity index (χ3n) is 1.25. The largest absolute Gasteiger partial charge is 0.480 e. The minimum absolute atomic E-state index is 0.749. The van der Waals surface area contributed by atoms with Crippen molar-refractivity contribution in [1.29, 1.82) is 0 Å². The number of hydrogen-bond donors (Lipinski definition) is 0. The molecule has 0 N–H and O–H groups in total. The molecule has 1 aromatic heterocycles. The van der Waals surface area contributed by atoms with Crippen molar-refractivity contribution in [2.45, 2.75) is 13.3 Å². The molecule has 0 spiro atoms. The molecular weight excluding hydrogens is 214 g/mol. The van der Waals surface area contributed by atoms with Crippen LogP contribution in [0.1, 0.15) is 12.5 Å². The van der Waals surface area contributed by atoms with Crippen LogP contribution < -0.4 is 4.74 Å². The zero-order valence-electron chi connectivity index (χ0n) is 5.85. The fraction of sp³-hybridized carbons (Fsp3) is 0.500. The van der Waals surface area contributed by atoms with Crippen LogP contribution in [0.2, 0.25) is 0 Å². The van der Waals surface area contributed by atoms with Gasteiger partial charge < -0.3 is 4.74 Å². The summed E-state index contributed by atoms with van der Waals surface area (Å²) in [7, 11) is 1.64. The van der Waals surface area contributed by atoms with E-state index in [-0.39, 0.29) is 0 Å². The highest BCUT2D eigenvalue weighted by Crippen LogP contribution is 2.30. The first-order valence-corrected chi connectivity index (χ1v) is 4.54. The number of methoxy groups -OCH3 is 1. The fourth-order valence-corrected chi connectivity index (χ4v) is 2.08. The van der Waals surface area contributed by atoms with Crippen molar-refractivity contribution in [3.63, 3.8) is 0 Å². The van der Waals surface area contributed by atoms with Gasteiger partial charge in [0.1, 0.15) is 0 Å². The Bertz CT molecular complexity index is 224. The molecule has 1 heterocycles. The summed E-state index contributed by atoms with van der Waals surface area (Å²) in [5.41, 5.74) is 1.16. The SMILES string of the molecule is CCc1c(OC)nsc1Br. The molecule has 0 fully saturated rings. The second-order valence-corrected chi connectivity index (χ2v) is 3.89. The third-order valence-corrected chi connectivity index (χ3v) is 2.83. The van der Waals surface area contributed by atoms with E-state index in [1.54, 1.807) is 7.11 Å². The number of hydrogen-bond acceptors (Lipinski definition) is 3. The lowest BCUT2D eigenvalue weighted by Gasteiger charge is -1.95. The van der Waals surface area contributed by atoms with E-state index in [1.807, 2.05) is 0 Å². The molecule has 0 amide bonds. The molecule has 0 aliphatic rings. The maximum absolute atomic E-state index is 5.03. The Morgan fingerprint density at radius 3 is 2.80 bits per heavy atom. The van der Waals surface area contributed by atoms with E-state index in [0.717, 1.165) is 21.7 Å². The minimum Gasteiger partial charge on any atom is -0.480 e. The van der Waals surface area contributed by atoms with E-state index >= 15 is 0 Å². The van der Waals surface area contributed by atoms with Crippen molar-refractivity contribution in [3.05, 3.63) is 9.35 Å². The van der Waals surface area contributed by atoms with Crippen molar-refractivity contribution in [2.24, 2.45) is 0 Å². The summed E-state index contributed by atoms with van der Waals surface area (Å²) in [6.07, 6.45) is 0.959. The summed E-state index contributed by atoms with van der Waals surface area (Å²) in [4.78, 5) is 0. The van der Waals surface area contributed by atoms with Gasteiger partial charge in [-0.2, -0.15) is 4.37 Å². The zero-order valence-corrected chi connectivity index (χ0v) is 8.25. The van der Waals surface area contributed by atoms with Crippen LogP contribution in [0.25, 0.3) is 0 Å². The van der Waals surface area contributed by atoms with Gasteiger partial charge in [0.25, 0.3) is 0 Å². The molecule has 0 bridgehead atoms. The molecule has 1 aromatic rings. The number of halogens is 1. The van der Waals surface area contributed by atoms with Crippen LogP contribution in [0.3, 0.4) is 0 Å². The van der Waals surface area contributed by atoms with Crippen LogP contribution in [0.4, 0.5) is 0 Å². The predicted octanol–water partition coefficient (Wildman–Crippen LogP) is 2.48. The van der Waals surface area contributed by atoms with Gasteiger partial charge in [-0.1, -0.05) is 6.92 Å². The standard InChI is InChI=1S/C6H8BrNOS/c1-3-4-5(7)10-8-6(4)9-2/h3H2,1-2H3. The lowest BCUT2D eigenvalue weighted by molar-refractivity contribution is 0.398. The van der Waals surface area contributed by atoms with Gasteiger partial charge in [-0.05, 0) is 33.9 Å². The maximum Gasteiger partial charge on any atom is 0.229 e. The Morgan fingerprint density at radius 1 is 1.70 bits per heavy atom. The lowest BCUT2D eigenvalue weighted by atomic mass is 10.3. The van der Waals surface area contributed by atoms with Crippen LogP contribution in [0.5, 0.6) is 5.88 Å². The van der Waals surface area contributed by atoms with Crippen LogP contribution in [0, 0.1) is 0 Å². The molecule has 56 valence electrons. The second kappa shape index (κ2) is 3.34. The van der Waals surface area contributed by atoms with E-state index < -0.39 is 0 Å². The van der Waals surface area contributed by atoms with Crippen molar-refractivity contribution in [3.8, 4) is 5.88 Å². The van der Waals surface area contributed by atoms with Gasteiger partial charge in [0.15, 0.2) is 0 Å². The molecular formula is C6H8BrNOS. The predicted molar refractivity (Wildman–Crippen MR) is 45.7 cm³/mol. The number of rotatable bonds is 2. The Balaban J connectivity index is 3.01. The molecule has 0 aliphatic heterocycles. The summed E-state index contributed by atoms with van der Waals surface area (Å²) >= 11 is 4.82. The topological polar surface area (TPSA) is 22.1 Å². The van der Waals surface area contributed by atoms with Gasteiger partial charge >= 0.3 is 0 Å². The number of aromatic nitrogens is 1. The molecule has 1 rings (SSSR count). The highest BCUT2D eigenvalue weighted by molar-refractivity contribution is 9.11. The Labute approximate surface area is 72.5 Å². The Morgan fingerprint density at radius 2 is 2.40 bits per heavy atom.